The zero-order valence-corrected chi connectivity index (χ0v) is 7.95. The monoisotopic (exact) mass is 191 g/mol. The van der Waals surface area contributed by atoms with Crippen LogP contribution in [0.1, 0.15) is 19.0 Å². The van der Waals surface area contributed by atoms with Gasteiger partial charge in [0.1, 0.15) is 0 Å². The lowest BCUT2D eigenvalue weighted by molar-refractivity contribution is 0.883. The number of aromatic nitrogens is 1. The summed E-state index contributed by atoms with van der Waals surface area (Å²) in [7, 11) is 0. The van der Waals surface area contributed by atoms with Gasteiger partial charge in [-0.25, -0.2) is 0 Å². The van der Waals surface area contributed by atoms with E-state index in [9.17, 15) is 0 Å². The van der Waals surface area contributed by atoms with E-state index in [4.69, 9.17) is 11.6 Å². The van der Waals surface area contributed by atoms with Crippen LogP contribution in [0.5, 0.6) is 0 Å². The number of rotatable bonds is 2. The molecular formula is C8H11Cl2N. The van der Waals surface area contributed by atoms with Crippen LogP contribution in [0.3, 0.4) is 0 Å². The molecular weight excluding hydrogens is 181 g/mol. The molecule has 3 heteroatoms. The molecule has 0 aliphatic carbocycles. The third-order valence-corrected chi connectivity index (χ3v) is 1.52. The van der Waals surface area contributed by atoms with Gasteiger partial charge in [0.05, 0.1) is 0 Å². The minimum atomic E-state index is 0. The van der Waals surface area contributed by atoms with E-state index in [2.05, 4.69) is 11.9 Å². The molecule has 11 heavy (non-hydrogen) atoms. The highest BCUT2D eigenvalue weighted by Crippen LogP contribution is 2.08. The molecule has 1 aromatic heterocycles. The van der Waals surface area contributed by atoms with Crippen LogP contribution in [0, 0.1) is 0 Å². The second-order valence-corrected chi connectivity index (χ2v) is 2.65. The summed E-state index contributed by atoms with van der Waals surface area (Å²) in [5.41, 5.74) is 1.08. The molecule has 0 aromatic carbocycles. The van der Waals surface area contributed by atoms with Crippen LogP contribution in [0.2, 0.25) is 5.02 Å². The van der Waals surface area contributed by atoms with Gasteiger partial charge in [-0.1, -0.05) is 24.9 Å². The van der Waals surface area contributed by atoms with Crippen LogP contribution < -0.4 is 0 Å². The van der Waals surface area contributed by atoms with E-state index in [1.807, 2.05) is 6.07 Å². The highest BCUT2D eigenvalue weighted by molar-refractivity contribution is 6.30. The summed E-state index contributed by atoms with van der Waals surface area (Å²) in [4.78, 5) is 4.14. The van der Waals surface area contributed by atoms with Crippen molar-refractivity contribution in [3.05, 3.63) is 29.0 Å². The average Bonchev–Trinajstić information content (AvgIpc) is 1.88. The van der Waals surface area contributed by atoms with E-state index in [-0.39, 0.29) is 12.4 Å². The molecule has 1 aromatic rings. The van der Waals surface area contributed by atoms with Crippen molar-refractivity contribution in [3.63, 3.8) is 0 Å². The van der Waals surface area contributed by atoms with Crippen molar-refractivity contribution in [1.82, 2.24) is 4.98 Å². The highest BCUT2D eigenvalue weighted by atomic mass is 35.5. The Kier molecular flexibility index (Phi) is 5.26. The molecule has 0 aliphatic rings. The third-order valence-electron chi connectivity index (χ3n) is 1.28. The number of aryl methyl sites for hydroxylation is 1. The largest absolute Gasteiger partial charge is 0.261 e. The Morgan fingerprint density at radius 2 is 2.27 bits per heavy atom. The molecule has 0 amide bonds. The van der Waals surface area contributed by atoms with Crippen LogP contribution in [0.25, 0.3) is 0 Å². The van der Waals surface area contributed by atoms with Crippen molar-refractivity contribution < 1.29 is 0 Å². The van der Waals surface area contributed by atoms with Crippen LogP contribution in [-0.2, 0) is 6.42 Å². The maximum Gasteiger partial charge on any atom is 0.0439 e. The fourth-order valence-corrected chi connectivity index (χ4v) is 1.02. The Hall–Kier alpha value is -0.270. The summed E-state index contributed by atoms with van der Waals surface area (Å²) >= 11 is 5.74. The number of nitrogens with zero attached hydrogens (tertiary/aromatic N) is 1. The van der Waals surface area contributed by atoms with Gasteiger partial charge in [0.2, 0.25) is 0 Å². The molecule has 0 saturated heterocycles. The van der Waals surface area contributed by atoms with Gasteiger partial charge in [-0.2, -0.15) is 0 Å². The molecule has 0 saturated carbocycles. The second-order valence-electron chi connectivity index (χ2n) is 2.22. The van der Waals surface area contributed by atoms with E-state index in [1.165, 1.54) is 0 Å². The highest BCUT2D eigenvalue weighted by Gasteiger charge is 1.91. The standard InChI is InChI=1S/C8H10ClN.ClH/c1-2-3-8-6-7(9)4-5-10-8;/h4-6H,2-3H2,1H3;1H. The van der Waals surface area contributed by atoms with E-state index >= 15 is 0 Å². The van der Waals surface area contributed by atoms with Gasteiger partial charge in [0.25, 0.3) is 0 Å². The molecule has 62 valence electrons. The SMILES string of the molecule is CCCc1cc(Cl)ccn1.Cl. The molecule has 0 atom stereocenters. The Labute approximate surface area is 78.2 Å². The van der Waals surface area contributed by atoms with Gasteiger partial charge in [-0.3, -0.25) is 4.98 Å². The van der Waals surface area contributed by atoms with Gasteiger partial charge < -0.3 is 0 Å². The molecule has 1 nitrogen and oxygen atoms in total. The minimum absolute atomic E-state index is 0. The van der Waals surface area contributed by atoms with E-state index < -0.39 is 0 Å². The third kappa shape index (κ3) is 3.59. The van der Waals surface area contributed by atoms with Crippen LogP contribution in [0.15, 0.2) is 18.3 Å². The Morgan fingerprint density at radius 3 is 2.82 bits per heavy atom. The molecule has 0 unspecified atom stereocenters. The summed E-state index contributed by atoms with van der Waals surface area (Å²) in [6.45, 7) is 2.13. The summed E-state index contributed by atoms with van der Waals surface area (Å²) in [6, 6.07) is 3.70. The zero-order chi connectivity index (χ0) is 7.40. The topological polar surface area (TPSA) is 12.9 Å². The summed E-state index contributed by atoms with van der Waals surface area (Å²) < 4.78 is 0. The lowest BCUT2D eigenvalue weighted by Gasteiger charge is -1.95. The van der Waals surface area contributed by atoms with E-state index in [0.717, 1.165) is 23.6 Å². The quantitative estimate of drug-likeness (QED) is 0.701. The number of hydrogen-bond donors (Lipinski definition) is 0. The molecule has 0 fully saturated rings. The Bertz CT molecular complexity index is 213. The van der Waals surface area contributed by atoms with Crippen molar-refractivity contribution >= 4 is 24.0 Å². The summed E-state index contributed by atoms with van der Waals surface area (Å²) in [6.07, 6.45) is 3.88. The van der Waals surface area contributed by atoms with Crippen molar-refractivity contribution in [3.8, 4) is 0 Å². The predicted molar refractivity (Wildman–Crippen MR) is 50.5 cm³/mol. The average molecular weight is 192 g/mol. The first-order chi connectivity index (χ1) is 4.83. The van der Waals surface area contributed by atoms with Crippen molar-refractivity contribution in [1.29, 1.82) is 0 Å². The lowest BCUT2D eigenvalue weighted by Crippen LogP contribution is -1.86. The first kappa shape index (κ1) is 10.7. The van der Waals surface area contributed by atoms with Crippen molar-refractivity contribution in [2.24, 2.45) is 0 Å². The van der Waals surface area contributed by atoms with Crippen molar-refractivity contribution in [2.75, 3.05) is 0 Å². The zero-order valence-electron chi connectivity index (χ0n) is 6.38. The maximum atomic E-state index is 5.74. The van der Waals surface area contributed by atoms with Crippen LogP contribution in [-0.4, -0.2) is 4.98 Å². The molecule has 0 N–H and O–H groups in total. The molecule has 0 aliphatic heterocycles. The number of pyridine rings is 1. The maximum absolute atomic E-state index is 5.74. The summed E-state index contributed by atoms with van der Waals surface area (Å²) in [5, 5.41) is 0.776. The number of halogens is 2. The van der Waals surface area contributed by atoms with Gasteiger partial charge >= 0.3 is 0 Å². The summed E-state index contributed by atoms with van der Waals surface area (Å²) in [5.74, 6) is 0. The Morgan fingerprint density at radius 1 is 1.55 bits per heavy atom. The molecule has 1 rings (SSSR count). The first-order valence-electron chi connectivity index (χ1n) is 3.43. The second kappa shape index (κ2) is 5.39. The lowest BCUT2D eigenvalue weighted by atomic mass is 10.2. The molecule has 1 heterocycles. The van der Waals surface area contributed by atoms with Gasteiger partial charge in [-0.05, 0) is 18.6 Å². The minimum Gasteiger partial charge on any atom is -0.261 e. The van der Waals surface area contributed by atoms with Crippen LogP contribution >= 0.6 is 24.0 Å². The predicted octanol–water partition coefficient (Wildman–Crippen LogP) is 3.11. The van der Waals surface area contributed by atoms with Gasteiger partial charge in [0.15, 0.2) is 0 Å². The first-order valence-corrected chi connectivity index (χ1v) is 3.81. The number of hydrogen-bond acceptors (Lipinski definition) is 1. The molecule has 0 bridgehead atoms. The Balaban J connectivity index is 0.000001000. The smallest absolute Gasteiger partial charge is 0.0439 e. The molecule has 0 radical (unpaired) electrons. The fraction of sp³-hybridized carbons (Fsp3) is 0.375. The van der Waals surface area contributed by atoms with E-state index in [1.54, 1.807) is 12.3 Å². The normalized spacial score (nSPS) is 8.91. The van der Waals surface area contributed by atoms with Gasteiger partial charge in [0, 0.05) is 16.9 Å². The molecule has 0 spiro atoms. The van der Waals surface area contributed by atoms with Gasteiger partial charge in [-0.15, -0.1) is 12.4 Å². The fourth-order valence-electron chi connectivity index (χ4n) is 0.842. The van der Waals surface area contributed by atoms with Crippen molar-refractivity contribution in [2.45, 2.75) is 19.8 Å². The van der Waals surface area contributed by atoms with E-state index in [0.29, 0.717) is 0 Å². The van der Waals surface area contributed by atoms with Crippen LogP contribution in [0.4, 0.5) is 0 Å².